The van der Waals surface area contributed by atoms with Gasteiger partial charge in [0.05, 0.1) is 17.6 Å². The highest BCUT2D eigenvalue weighted by atomic mass is 16.5. The van der Waals surface area contributed by atoms with Crippen molar-refractivity contribution >= 4 is 10.8 Å². The molecule has 3 aromatic carbocycles. The molecule has 0 saturated carbocycles. The third-order valence-corrected chi connectivity index (χ3v) is 6.43. The fourth-order valence-corrected chi connectivity index (χ4v) is 5.33. The first-order valence-corrected chi connectivity index (χ1v) is 11.2. The lowest BCUT2D eigenvalue weighted by Gasteiger charge is -2.17. The molecule has 0 aliphatic heterocycles. The van der Waals surface area contributed by atoms with Crippen LogP contribution in [0, 0.1) is 12.8 Å². The quantitative estimate of drug-likeness (QED) is 0.304. The van der Waals surface area contributed by atoms with E-state index in [2.05, 4.69) is 93.2 Å². The van der Waals surface area contributed by atoms with E-state index in [1.807, 2.05) is 0 Å². The van der Waals surface area contributed by atoms with Gasteiger partial charge in [0.15, 0.2) is 6.20 Å². The Labute approximate surface area is 185 Å². The van der Waals surface area contributed by atoms with Crippen molar-refractivity contribution in [2.45, 2.75) is 33.8 Å². The maximum atomic E-state index is 5.72. The van der Waals surface area contributed by atoms with Crippen molar-refractivity contribution in [2.75, 3.05) is 7.11 Å². The number of hydrogen-bond acceptors (Lipinski definition) is 1. The van der Waals surface area contributed by atoms with E-state index < -0.39 is 0 Å². The number of hydrogen-bond donors (Lipinski definition) is 0. The summed E-state index contributed by atoms with van der Waals surface area (Å²) in [5.74, 6) is 0.605. The normalized spacial score (nSPS) is 12.1. The van der Waals surface area contributed by atoms with Crippen LogP contribution in [0.5, 0.6) is 0 Å². The monoisotopic (exact) mass is 408 g/mol. The molecule has 1 aromatic heterocycles. The fourth-order valence-electron chi connectivity index (χ4n) is 5.33. The SMILES string of the molecule is COCc1cc(CC(C)C)cc2c1-c1c3c(cccc3c(C)c[n+]1C)-c1ccccc1-2. The topological polar surface area (TPSA) is 13.1 Å². The minimum Gasteiger partial charge on any atom is -0.380 e. The summed E-state index contributed by atoms with van der Waals surface area (Å²) in [6, 6.07) is 20.4. The third-order valence-electron chi connectivity index (χ3n) is 6.43. The second kappa shape index (κ2) is 7.62. The van der Waals surface area contributed by atoms with Crippen molar-refractivity contribution in [3.8, 4) is 33.5 Å². The number of aryl methyl sites for hydroxylation is 2. The van der Waals surface area contributed by atoms with Crippen LogP contribution in [0.3, 0.4) is 0 Å². The van der Waals surface area contributed by atoms with Crippen LogP contribution in [0.25, 0.3) is 44.3 Å². The summed E-state index contributed by atoms with van der Waals surface area (Å²) < 4.78 is 8.03. The molecule has 0 fully saturated rings. The van der Waals surface area contributed by atoms with Gasteiger partial charge in [-0.1, -0.05) is 68.4 Å². The zero-order chi connectivity index (χ0) is 21.7. The molecule has 0 spiro atoms. The molecule has 5 rings (SSSR count). The Morgan fingerprint density at radius 3 is 2.32 bits per heavy atom. The lowest BCUT2D eigenvalue weighted by molar-refractivity contribution is -0.659. The van der Waals surface area contributed by atoms with E-state index >= 15 is 0 Å². The van der Waals surface area contributed by atoms with Crippen LogP contribution in [0.2, 0.25) is 0 Å². The Balaban J connectivity index is 2.01. The molecule has 0 N–H and O–H groups in total. The molecule has 4 aromatic rings. The van der Waals surface area contributed by atoms with Gasteiger partial charge in [-0.05, 0) is 58.0 Å². The first kappa shape index (κ1) is 20.0. The van der Waals surface area contributed by atoms with Gasteiger partial charge < -0.3 is 4.74 Å². The van der Waals surface area contributed by atoms with Gasteiger partial charge in [-0.15, -0.1) is 0 Å². The highest BCUT2D eigenvalue weighted by Gasteiger charge is 2.30. The average molecular weight is 409 g/mol. The number of ether oxygens (including phenoxy) is 1. The van der Waals surface area contributed by atoms with Gasteiger partial charge in [-0.2, -0.15) is 0 Å². The first-order chi connectivity index (χ1) is 15.0. The third kappa shape index (κ3) is 3.18. The van der Waals surface area contributed by atoms with Crippen LogP contribution in [0.1, 0.15) is 30.5 Å². The molecule has 1 aliphatic carbocycles. The summed E-state index contributed by atoms with van der Waals surface area (Å²) in [7, 11) is 3.97. The minimum atomic E-state index is 0.605. The van der Waals surface area contributed by atoms with E-state index in [4.69, 9.17) is 4.74 Å². The van der Waals surface area contributed by atoms with E-state index in [-0.39, 0.29) is 0 Å². The number of nitrogens with zero attached hydrogens (tertiary/aromatic N) is 1. The molecule has 0 atom stereocenters. The molecule has 0 radical (unpaired) electrons. The summed E-state index contributed by atoms with van der Waals surface area (Å²) in [6.07, 6.45) is 3.33. The predicted molar refractivity (Wildman–Crippen MR) is 129 cm³/mol. The summed E-state index contributed by atoms with van der Waals surface area (Å²) in [5.41, 5.74) is 11.8. The molecule has 0 unspecified atom stereocenters. The van der Waals surface area contributed by atoms with Gasteiger partial charge in [-0.25, -0.2) is 4.57 Å². The van der Waals surface area contributed by atoms with E-state index in [0.717, 1.165) is 6.42 Å². The van der Waals surface area contributed by atoms with Crippen LogP contribution < -0.4 is 4.57 Å². The maximum absolute atomic E-state index is 5.72. The van der Waals surface area contributed by atoms with E-state index in [1.54, 1.807) is 7.11 Å². The second-order valence-corrected chi connectivity index (χ2v) is 9.25. The summed E-state index contributed by atoms with van der Waals surface area (Å²) in [4.78, 5) is 0. The minimum absolute atomic E-state index is 0.605. The predicted octanol–water partition coefficient (Wildman–Crippen LogP) is 6.63. The van der Waals surface area contributed by atoms with Gasteiger partial charge in [-0.3, -0.25) is 0 Å². The molecule has 156 valence electrons. The zero-order valence-corrected chi connectivity index (χ0v) is 19.1. The number of aromatic nitrogens is 1. The van der Waals surface area contributed by atoms with Crippen LogP contribution in [0.4, 0.5) is 0 Å². The lowest BCUT2D eigenvalue weighted by Crippen LogP contribution is -2.32. The number of fused-ring (bicyclic) bond motifs is 5. The van der Waals surface area contributed by atoms with Gasteiger partial charge in [0.25, 0.3) is 0 Å². The molecular formula is C29H30NO+. The second-order valence-electron chi connectivity index (χ2n) is 9.25. The number of rotatable bonds is 4. The average Bonchev–Trinajstić information content (AvgIpc) is 2.86. The lowest BCUT2D eigenvalue weighted by atomic mass is 9.88. The molecule has 31 heavy (non-hydrogen) atoms. The first-order valence-electron chi connectivity index (χ1n) is 11.2. The summed E-state index contributed by atoms with van der Waals surface area (Å²) in [5, 5.41) is 2.66. The van der Waals surface area contributed by atoms with Crippen LogP contribution in [0.15, 0.2) is 60.8 Å². The molecule has 1 aliphatic rings. The van der Waals surface area contributed by atoms with Crippen molar-refractivity contribution in [2.24, 2.45) is 13.0 Å². The Hall–Kier alpha value is -2.97. The zero-order valence-electron chi connectivity index (χ0n) is 19.1. The summed E-state index contributed by atoms with van der Waals surface area (Å²) in [6.45, 7) is 7.39. The molecule has 0 amide bonds. The number of pyridine rings is 1. The largest absolute Gasteiger partial charge is 0.380 e. The maximum Gasteiger partial charge on any atom is 0.221 e. The Morgan fingerprint density at radius 2 is 1.61 bits per heavy atom. The summed E-state index contributed by atoms with van der Waals surface area (Å²) >= 11 is 0. The highest BCUT2D eigenvalue weighted by molar-refractivity contribution is 6.12. The van der Waals surface area contributed by atoms with Gasteiger partial charge in [0.1, 0.15) is 7.05 Å². The van der Waals surface area contributed by atoms with Crippen molar-refractivity contribution in [1.29, 1.82) is 0 Å². The molecule has 1 heterocycles. The molecule has 2 nitrogen and oxygen atoms in total. The van der Waals surface area contributed by atoms with E-state index in [1.165, 1.54) is 61.0 Å². The Bertz CT molecular complexity index is 1320. The molecule has 0 saturated heterocycles. The van der Waals surface area contributed by atoms with Crippen LogP contribution in [-0.4, -0.2) is 7.11 Å². The number of methoxy groups -OCH3 is 1. The molecule has 0 bridgehead atoms. The van der Waals surface area contributed by atoms with Gasteiger partial charge >= 0.3 is 0 Å². The standard InChI is InChI=1S/C29H30NO/c1-18(2)13-20-14-21(17-31-5)27-26(15-20)24-10-7-6-9-23(24)25-12-8-11-22-19(3)16-30(4)29(27)28(22)25/h6-12,14-16,18H,13,17H2,1-5H3/q+1. The van der Waals surface area contributed by atoms with Gasteiger partial charge in [0, 0.05) is 12.7 Å². The Kier molecular flexibility index (Phi) is 4.91. The van der Waals surface area contributed by atoms with Crippen molar-refractivity contribution in [3.05, 3.63) is 77.5 Å². The van der Waals surface area contributed by atoms with Gasteiger partial charge in [0.2, 0.25) is 5.69 Å². The van der Waals surface area contributed by atoms with E-state index in [9.17, 15) is 0 Å². The molecular weight excluding hydrogens is 378 g/mol. The van der Waals surface area contributed by atoms with Crippen LogP contribution >= 0.6 is 0 Å². The number of benzene rings is 3. The van der Waals surface area contributed by atoms with Crippen molar-refractivity contribution < 1.29 is 9.30 Å². The Morgan fingerprint density at radius 1 is 0.903 bits per heavy atom. The van der Waals surface area contributed by atoms with Crippen molar-refractivity contribution in [1.82, 2.24) is 0 Å². The highest BCUT2D eigenvalue weighted by Crippen LogP contribution is 2.48. The molecule has 2 heteroatoms. The fraction of sp³-hybridized carbons (Fsp3) is 0.276. The van der Waals surface area contributed by atoms with Crippen LogP contribution in [-0.2, 0) is 24.8 Å². The smallest absolute Gasteiger partial charge is 0.221 e. The van der Waals surface area contributed by atoms with Crippen molar-refractivity contribution in [3.63, 3.8) is 0 Å². The van der Waals surface area contributed by atoms with E-state index in [0.29, 0.717) is 12.5 Å².